The maximum Gasteiger partial charge on any atom is 0.286 e. The molecule has 0 atom stereocenters. The molecule has 0 aliphatic heterocycles. The summed E-state index contributed by atoms with van der Waals surface area (Å²) in [4.78, 5) is 14.2. The zero-order valence-electron chi connectivity index (χ0n) is 23.2. The van der Waals surface area contributed by atoms with Crippen molar-refractivity contribution < 1.29 is 26.2 Å². The van der Waals surface area contributed by atoms with Crippen LogP contribution < -0.4 is 14.8 Å². The summed E-state index contributed by atoms with van der Waals surface area (Å²) in [7, 11) is -5.63. The molecule has 2 aromatic heterocycles. The molecular formula is C27H21Cl2N7O5S4. The number of aromatic nitrogens is 3. The first-order chi connectivity index (χ1) is 21.2. The lowest BCUT2D eigenvalue weighted by atomic mass is 10.2. The van der Waals surface area contributed by atoms with Gasteiger partial charge in [-0.1, -0.05) is 29.3 Å². The molecule has 1 N–H and O–H groups in total. The number of rotatable bonds is 7. The highest BCUT2D eigenvalue weighted by molar-refractivity contribution is 7.95. The number of sulfonamides is 2. The Balaban J connectivity index is 1.57. The maximum absolute atomic E-state index is 13.7. The third-order valence-electron chi connectivity index (χ3n) is 6.18. The monoisotopic (exact) mass is 721 g/mol. The fourth-order valence-corrected chi connectivity index (χ4v) is 7.47. The van der Waals surface area contributed by atoms with Crippen LogP contribution in [0.25, 0.3) is 15.8 Å². The van der Waals surface area contributed by atoms with Gasteiger partial charge in [0.05, 0.1) is 32.9 Å². The average Bonchev–Trinajstić information content (AvgIpc) is 3.47. The Morgan fingerprint density at radius 2 is 1.69 bits per heavy atom. The van der Waals surface area contributed by atoms with Gasteiger partial charge in [0.2, 0.25) is 0 Å². The van der Waals surface area contributed by atoms with E-state index >= 15 is 0 Å². The molecule has 3 aromatic carbocycles. The number of hydrogen-bond donors (Lipinski definition) is 2. The summed E-state index contributed by atoms with van der Waals surface area (Å²) in [5.41, 5.74) is 1.88. The first-order valence-electron chi connectivity index (χ1n) is 12.6. The number of thiol groups is 1. The zero-order chi connectivity index (χ0) is 32.5. The fourth-order valence-electron chi connectivity index (χ4n) is 3.90. The lowest BCUT2D eigenvalue weighted by molar-refractivity contribution is -0.553. The molecule has 5 rings (SSSR count). The molecule has 0 bridgehead atoms. The van der Waals surface area contributed by atoms with E-state index in [1.54, 1.807) is 49.3 Å². The van der Waals surface area contributed by atoms with Gasteiger partial charge >= 0.3 is 0 Å². The Labute approximate surface area is 278 Å². The van der Waals surface area contributed by atoms with E-state index in [4.69, 9.17) is 23.2 Å². The topological polar surface area (TPSA) is 157 Å². The molecule has 0 fully saturated rings. The van der Waals surface area contributed by atoms with Crippen LogP contribution in [-0.2, 0) is 20.0 Å². The Morgan fingerprint density at radius 3 is 2.36 bits per heavy atom. The number of hydrogen-bond acceptors (Lipinski definition) is 10. The number of carbonyl (C=O) groups excluding carboxylic acids is 1. The average molecular weight is 723 g/mol. The van der Waals surface area contributed by atoms with Crippen molar-refractivity contribution in [3.05, 3.63) is 99.5 Å². The minimum Gasteiger partial charge on any atom is -0.378 e. The van der Waals surface area contributed by atoms with Crippen LogP contribution in [0.15, 0.2) is 98.2 Å². The SMILES string of the molecule is CN(C)c1cc[n+](/C(=N/S(=O)(=O)c2cc(C(=O)Nc3cccc4nsnc34)c(Cl)cc2S)[N-]S(=O)(=O)c2ccc(Cl)cc2)cc1. The van der Waals surface area contributed by atoms with E-state index in [0.29, 0.717) is 21.7 Å². The van der Waals surface area contributed by atoms with E-state index in [1.807, 2.05) is 0 Å². The predicted molar refractivity (Wildman–Crippen MR) is 177 cm³/mol. The zero-order valence-corrected chi connectivity index (χ0v) is 28.0. The van der Waals surface area contributed by atoms with Crippen LogP contribution in [0.5, 0.6) is 0 Å². The molecule has 0 aliphatic rings. The van der Waals surface area contributed by atoms with Crippen molar-refractivity contribution in [2.75, 3.05) is 24.3 Å². The molecule has 0 unspecified atom stereocenters. The summed E-state index contributed by atoms with van der Waals surface area (Å²) in [6.45, 7) is 0. The molecule has 2 heterocycles. The van der Waals surface area contributed by atoms with Gasteiger partial charge in [0.1, 0.15) is 15.9 Å². The van der Waals surface area contributed by atoms with E-state index in [-0.39, 0.29) is 20.4 Å². The summed E-state index contributed by atoms with van der Waals surface area (Å²) >= 11 is 17.5. The number of amides is 1. The van der Waals surface area contributed by atoms with Crippen molar-refractivity contribution in [1.29, 1.82) is 0 Å². The van der Waals surface area contributed by atoms with Crippen molar-refractivity contribution in [1.82, 2.24) is 8.75 Å². The van der Waals surface area contributed by atoms with E-state index in [1.165, 1.54) is 42.7 Å². The van der Waals surface area contributed by atoms with E-state index in [9.17, 15) is 21.6 Å². The van der Waals surface area contributed by atoms with E-state index < -0.39 is 36.8 Å². The number of nitrogens with one attached hydrogen (secondary N) is 1. The van der Waals surface area contributed by atoms with Gasteiger partial charge in [-0.2, -0.15) is 25.6 Å². The number of anilines is 2. The second-order valence-electron chi connectivity index (χ2n) is 9.44. The Kier molecular flexibility index (Phi) is 9.34. The summed E-state index contributed by atoms with van der Waals surface area (Å²) < 4.78 is 70.9. The van der Waals surface area contributed by atoms with Gasteiger partial charge in [0, 0.05) is 42.1 Å². The molecular weight excluding hydrogens is 702 g/mol. The molecule has 232 valence electrons. The molecule has 0 spiro atoms. The van der Waals surface area contributed by atoms with Gasteiger partial charge in [-0.3, -0.25) is 9.36 Å². The highest BCUT2D eigenvalue weighted by Crippen LogP contribution is 2.31. The van der Waals surface area contributed by atoms with Crippen molar-refractivity contribution in [2.24, 2.45) is 4.40 Å². The molecule has 18 heteroatoms. The molecule has 12 nitrogen and oxygen atoms in total. The predicted octanol–water partition coefficient (Wildman–Crippen LogP) is 5.25. The van der Waals surface area contributed by atoms with Gasteiger partial charge in [0.15, 0.2) is 0 Å². The first kappa shape index (κ1) is 32.6. The summed E-state index contributed by atoms with van der Waals surface area (Å²) in [6.07, 6.45) is 2.81. The lowest BCUT2D eigenvalue weighted by Gasteiger charge is -2.15. The maximum atomic E-state index is 13.7. The highest BCUT2D eigenvalue weighted by Gasteiger charge is 2.27. The first-order valence-corrected chi connectivity index (χ1v) is 17.4. The second-order valence-corrected chi connectivity index (χ2v) is 14.5. The number of benzene rings is 3. The van der Waals surface area contributed by atoms with Crippen molar-refractivity contribution in [2.45, 2.75) is 14.7 Å². The van der Waals surface area contributed by atoms with Crippen LogP contribution in [0, 0.1) is 0 Å². The van der Waals surface area contributed by atoms with Crippen molar-refractivity contribution in [3.63, 3.8) is 0 Å². The third kappa shape index (κ3) is 7.21. The molecule has 0 aliphatic carbocycles. The van der Waals surface area contributed by atoms with E-state index in [0.717, 1.165) is 28.0 Å². The largest absolute Gasteiger partial charge is 0.378 e. The number of halogens is 2. The van der Waals surface area contributed by atoms with E-state index in [2.05, 4.69) is 35.8 Å². The summed E-state index contributed by atoms with van der Waals surface area (Å²) in [6, 6.07) is 15.6. The molecule has 45 heavy (non-hydrogen) atoms. The Morgan fingerprint density at radius 1 is 1.00 bits per heavy atom. The van der Waals surface area contributed by atoms with Crippen LogP contribution in [0.2, 0.25) is 10.0 Å². The minimum atomic E-state index is -4.76. The summed E-state index contributed by atoms with van der Waals surface area (Å²) in [5, 5.41) is 2.87. The van der Waals surface area contributed by atoms with Gasteiger partial charge in [0.25, 0.3) is 31.9 Å². The van der Waals surface area contributed by atoms with Crippen LogP contribution in [-0.4, -0.2) is 51.5 Å². The minimum absolute atomic E-state index is 0.0899. The second kappa shape index (κ2) is 12.9. The standard InChI is InChI=1S/C27H21Cl2N7O5S4/c1-35(2)17-10-12-36(13-11-17)27(33-44(38,39)18-8-6-16(28)7-9-18)34-45(40,41)24-14-19(20(29)15-23(24)42)26(37)30-21-4-3-5-22-25(21)32-43-31-22/h3-15H,1-2H3,(H2-,30,31,33,34,37,42). The smallest absolute Gasteiger partial charge is 0.286 e. The van der Waals surface area contributed by atoms with Crippen molar-refractivity contribution in [3.8, 4) is 0 Å². The molecule has 1 amide bonds. The molecule has 0 saturated heterocycles. The summed E-state index contributed by atoms with van der Waals surface area (Å²) in [5.74, 6) is -1.44. The fraction of sp³-hybridized carbons (Fsp3) is 0.0741. The highest BCUT2D eigenvalue weighted by atomic mass is 35.5. The number of nitrogens with zero attached hydrogens (tertiary/aromatic N) is 6. The van der Waals surface area contributed by atoms with Gasteiger partial charge in [-0.05, 0) is 60.7 Å². The molecule has 0 saturated carbocycles. The van der Waals surface area contributed by atoms with Crippen LogP contribution in [0.4, 0.5) is 11.4 Å². The molecule has 5 aromatic rings. The van der Waals surface area contributed by atoms with Crippen LogP contribution in [0.1, 0.15) is 10.4 Å². The van der Waals surface area contributed by atoms with Crippen LogP contribution >= 0.6 is 47.6 Å². The number of pyridine rings is 1. The van der Waals surface area contributed by atoms with Gasteiger partial charge in [-0.25, -0.2) is 0 Å². The normalized spacial score (nSPS) is 12.2. The number of fused-ring (bicyclic) bond motifs is 1. The van der Waals surface area contributed by atoms with Gasteiger partial charge in [-0.15, -0.1) is 21.7 Å². The number of carbonyl (C=O) groups is 1. The third-order valence-corrected chi connectivity index (χ3v) is 10.4. The van der Waals surface area contributed by atoms with Gasteiger partial charge < -0.3 is 10.2 Å². The Bertz CT molecular complexity index is 2170. The van der Waals surface area contributed by atoms with Crippen LogP contribution in [0.3, 0.4) is 0 Å². The molecule has 0 radical (unpaired) electrons. The Hall–Kier alpha value is -3.80. The van der Waals surface area contributed by atoms with Crippen molar-refractivity contribution >= 4 is 102 Å². The quantitative estimate of drug-likeness (QED) is 0.0999. The lowest BCUT2D eigenvalue weighted by Crippen LogP contribution is -2.43.